The highest BCUT2D eigenvalue weighted by atomic mass is 32.2. The number of alkyl halides is 2. The van der Waals surface area contributed by atoms with E-state index in [4.69, 9.17) is 9.47 Å². The number of tetrazole rings is 1. The molecule has 3 N–H and O–H groups in total. The van der Waals surface area contributed by atoms with Crippen LogP contribution in [0.3, 0.4) is 0 Å². The molecule has 4 aliphatic rings. The lowest BCUT2D eigenvalue weighted by molar-refractivity contribution is -0.143. The summed E-state index contributed by atoms with van der Waals surface area (Å²) >= 11 is 0. The van der Waals surface area contributed by atoms with E-state index in [0.29, 0.717) is 17.1 Å². The van der Waals surface area contributed by atoms with Gasteiger partial charge in [0.1, 0.15) is 29.5 Å². The van der Waals surface area contributed by atoms with Gasteiger partial charge in [0.15, 0.2) is 0 Å². The summed E-state index contributed by atoms with van der Waals surface area (Å²) in [6.07, 6.45) is 1.21. The zero-order valence-electron chi connectivity index (χ0n) is 30.1. The number of benzene rings is 1. The number of alkyl carbamates (subject to hydrolysis) is 1. The molecular formula is C35H48F2N8O6S. The first-order valence-corrected chi connectivity index (χ1v) is 19.2. The molecule has 17 heteroatoms. The summed E-state index contributed by atoms with van der Waals surface area (Å²) in [5.74, 6) is -2.39. The molecule has 4 fully saturated rings. The van der Waals surface area contributed by atoms with Crippen LogP contribution in [0.4, 0.5) is 13.6 Å². The highest BCUT2D eigenvalue weighted by Crippen LogP contribution is 2.49. The molecule has 3 aliphatic carbocycles. The van der Waals surface area contributed by atoms with Crippen molar-refractivity contribution in [2.24, 2.45) is 11.3 Å². The minimum absolute atomic E-state index is 0.00556. The highest BCUT2D eigenvalue weighted by molar-refractivity contribution is 8.14. The Kier molecular flexibility index (Phi) is 10.9. The minimum Gasteiger partial charge on any atom is -0.497 e. The Morgan fingerprint density at radius 1 is 1.08 bits per heavy atom. The van der Waals surface area contributed by atoms with Crippen LogP contribution in [-0.4, -0.2) is 103 Å². The molecule has 0 spiro atoms. The van der Waals surface area contributed by atoms with Gasteiger partial charge < -0.3 is 29.7 Å². The second-order valence-electron chi connectivity index (χ2n) is 15.2. The normalized spacial score (nSPS) is 25.8. The predicted octanol–water partition coefficient (Wildman–Crippen LogP) is 4.00. The van der Waals surface area contributed by atoms with Crippen LogP contribution in [0.5, 0.6) is 5.75 Å². The molecule has 3 saturated carbocycles. The van der Waals surface area contributed by atoms with Gasteiger partial charge in [-0.15, -0.1) is 10.2 Å². The van der Waals surface area contributed by atoms with Crippen molar-refractivity contribution < 1.29 is 37.4 Å². The standard InChI is InChI=1S/C35H48F2N8O6S/c1-6-52(24-15-16-24)42-32(48)35(18-25(35)28(36)37)39-30(46)26-17-21(45-41-29(40-43-45)20-11-13-22(50-5)14-12-20)19-44(26)31(47)27(34(2,3)4)38-33(49)51-23-9-7-8-10-23/h6,11-14,21,23-28H,7-10,15-19H2,1-5H3,(H,38,49)(H,39,46)(H,42,48)/t21-,25+,26+,27-,35-,52?/m1/s1. The van der Waals surface area contributed by atoms with E-state index in [1.54, 1.807) is 52.1 Å². The number of rotatable bonds is 12. The Bertz CT molecular complexity index is 1690. The van der Waals surface area contributed by atoms with Gasteiger partial charge in [0.25, 0.3) is 5.91 Å². The third-order valence-corrected chi connectivity index (χ3v) is 12.5. The quantitative estimate of drug-likeness (QED) is 0.272. The first-order chi connectivity index (χ1) is 24.7. The lowest BCUT2D eigenvalue weighted by atomic mass is 9.85. The average molecular weight is 747 g/mol. The molecule has 284 valence electrons. The van der Waals surface area contributed by atoms with Crippen LogP contribution in [0.25, 0.3) is 11.4 Å². The predicted molar refractivity (Wildman–Crippen MR) is 190 cm³/mol. The minimum atomic E-state index is -2.84. The van der Waals surface area contributed by atoms with E-state index in [-0.39, 0.29) is 30.7 Å². The van der Waals surface area contributed by atoms with Crippen molar-refractivity contribution in [3.63, 3.8) is 0 Å². The van der Waals surface area contributed by atoms with Gasteiger partial charge in [-0.1, -0.05) is 31.4 Å². The van der Waals surface area contributed by atoms with Crippen LogP contribution < -0.4 is 20.1 Å². The van der Waals surface area contributed by atoms with Gasteiger partial charge in [-0.2, -0.15) is 4.80 Å². The van der Waals surface area contributed by atoms with E-state index < -0.39 is 75.9 Å². The maximum Gasteiger partial charge on any atom is 0.408 e. The number of amides is 4. The van der Waals surface area contributed by atoms with Crippen LogP contribution in [-0.2, 0) is 19.1 Å². The van der Waals surface area contributed by atoms with Crippen molar-refractivity contribution in [3.8, 4) is 17.1 Å². The summed E-state index contributed by atoms with van der Waals surface area (Å²) in [7, 11) is 0.948. The molecule has 6 rings (SSSR count). The van der Waals surface area contributed by atoms with Crippen molar-refractivity contribution in [2.75, 3.05) is 13.7 Å². The van der Waals surface area contributed by atoms with Gasteiger partial charge >= 0.3 is 6.09 Å². The number of methoxy groups -OCH3 is 1. The highest BCUT2D eigenvalue weighted by Gasteiger charge is 2.66. The largest absolute Gasteiger partial charge is 0.497 e. The number of carbonyl (C=O) groups is 4. The Balaban J connectivity index is 1.27. The number of halogens is 2. The number of likely N-dealkylation sites (tertiary alicyclic amines) is 1. The molecule has 14 nitrogen and oxygen atoms in total. The molecule has 0 bridgehead atoms. The number of hydrogen-bond acceptors (Lipinski definition) is 9. The van der Waals surface area contributed by atoms with E-state index in [2.05, 4.69) is 30.8 Å². The fourth-order valence-electron chi connectivity index (χ4n) is 7.04. The fraction of sp³-hybridized carbons (Fsp3) is 0.657. The molecule has 2 aromatic rings. The van der Waals surface area contributed by atoms with Gasteiger partial charge in [0.05, 0.1) is 19.1 Å². The molecule has 1 aliphatic heterocycles. The number of carbonyl (C=O) groups excluding carboxylic acids is 4. The number of hydrogen-bond donors (Lipinski definition) is 3. The zero-order valence-corrected chi connectivity index (χ0v) is 31.0. The van der Waals surface area contributed by atoms with Gasteiger partial charge in [-0.25, -0.2) is 13.6 Å². The van der Waals surface area contributed by atoms with Gasteiger partial charge in [0.2, 0.25) is 24.1 Å². The molecule has 1 saturated heterocycles. The maximum atomic E-state index is 14.5. The van der Waals surface area contributed by atoms with E-state index in [0.717, 1.165) is 38.5 Å². The summed E-state index contributed by atoms with van der Waals surface area (Å²) in [5, 5.41) is 20.5. The summed E-state index contributed by atoms with van der Waals surface area (Å²) in [5.41, 5.74) is -1.97. The van der Waals surface area contributed by atoms with Gasteiger partial charge in [-0.05, 0) is 92.1 Å². The topological polar surface area (TPSA) is 170 Å². The lowest BCUT2D eigenvalue weighted by Gasteiger charge is -2.35. The Morgan fingerprint density at radius 2 is 1.77 bits per heavy atom. The van der Waals surface area contributed by atoms with Crippen LogP contribution >= 0.6 is 10.7 Å². The Hall–Kier alpha value is -4.15. The molecule has 52 heavy (non-hydrogen) atoms. The third kappa shape index (κ3) is 8.08. The molecular weight excluding hydrogens is 698 g/mol. The van der Waals surface area contributed by atoms with E-state index in [1.165, 1.54) is 9.70 Å². The van der Waals surface area contributed by atoms with Crippen molar-refractivity contribution in [2.45, 2.75) is 121 Å². The maximum absolute atomic E-state index is 14.5. The van der Waals surface area contributed by atoms with E-state index >= 15 is 0 Å². The molecule has 2 heterocycles. The molecule has 1 aromatic heterocycles. The first-order valence-electron chi connectivity index (χ1n) is 17.9. The third-order valence-electron chi connectivity index (χ3n) is 10.3. The number of nitrogens with one attached hydrogen (secondary N) is 3. The monoisotopic (exact) mass is 746 g/mol. The van der Waals surface area contributed by atoms with Crippen LogP contribution in [0, 0.1) is 11.3 Å². The number of aromatic nitrogens is 4. The van der Waals surface area contributed by atoms with Gasteiger partial charge in [-0.3, -0.25) is 14.4 Å². The van der Waals surface area contributed by atoms with Crippen molar-refractivity contribution >= 4 is 39.9 Å². The zero-order chi connectivity index (χ0) is 37.4. The molecule has 1 unspecified atom stereocenters. The molecule has 1 aromatic carbocycles. The molecule has 0 radical (unpaired) electrons. The Morgan fingerprint density at radius 3 is 2.35 bits per heavy atom. The second-order valence-corrected chi connectivity index (χ2v) is 17.2. The Labute approximate surface area is 304 Å². The van der Waals surface area contributed by atoms with Crippen molar-refractivity contribution in [1.29, 1.82) is 0 Å². The first kappa shape index (κ1) is 37.6. The smallest absolute Gasteiger partial charge is 0.408 e. The summed E-state index contributed by atoms with van der Waals surface area (Å²) in [4.78, 5) is 58.1. The fourth-order valence-corrected chi connectivity index (χ4v) is 8.75. The summed E-state index contributed by atoms with van der Waals surface area (Å²) in [6, 6.07) is 4.11. The average Bonchev–Trinajstić information content (AvgIpc) is 3.86. The van der Waals surface area contributed by atoms with E-state index in [1.807, 2.05) is 12.3 Å². The molecule has 6 atom stereocenters. The van der Waals surface area contributed by atoms with Crippen LogP contribution in [0.15, 0.2) is 24.3 Å². The SMILES string of the molecule is C/C=S(/NC(=O)[C@@]1(NC(=O)[C@@H]2C[C@@H](n3nnc(-c4ccc(OC)cc4)n3)CN2C(=O)[C@@H](NC(=O)OC2CCCC2)C(C)(C)C)C[C@H]1C(F)F)C1CC1. The molecule has 4 amide bonds. The van der Waals surface area contributed by atoms with Crippen molar-refractivity contribution in [3.05, 3.63) is 24.3 Å². The second kappa shape index (κ2) is 15.1. The van der Waals surface area contributed by atoms with Crippen molar-refractivity contribution in [1.82, 2.24) is 40.5 Å². The summed E-state index contributed by atoms with van der Waals surface area (Å²) < 4.78 is 42.1. The van der Waals surface area contributed by atoms with E-state index in [9.17, 15) is 28.0 Å². The van der Waals surface area contributed by atoms with Crippen LogP contribution in [0.1, 0.15) is 85.1 Å². The number of ether oxygens (including phenoxy) is 2. The lowest BCUT2D eigenvalue weighted by Crippen LogP contribution is -2.60. The van der Waals surface area contributed by atoms with Gasteiger partial charge in [0, 0.05) is 23.8 Å². The van der Waals surface area contributed by atoms with Crippen LogP contribution in [0.2, 0.25) is 0 Å². The summed E-state index contributed by atoms with van der Waals surface area (Å²) in [6.45, 7) is 7.12. The number of nitrogens with zero attached hydrogens (tertiary/aromatic N) is 5.